The second-order valence-corrected chi connectivity index (χ2v) is 16.9. The summed E-state index contributed by atoms with van der Waals surface area (Å²) in [5.41, 5.74) is -0.128. The molecule has 3 heterocycles. The molecule has 0 aromatic rings. The zero-order valence-electron chi connectivity index (χ0n) is 33.4. The molecule has 7 N–H and O–H groups in total. The number of carbonyl (C=O) groups is 2. The zero-order valence-corrected chi connectivity index (χ0v) is 33.4. The maximum atomic E-state index is 14.3. The highest BCUT2D eigenvalue weighted by atomic mass is 16.7. The number of cyclic esters (lactones) is 1. The minimum Gasteiger partial charge on any atom is -0.458 e. The van der Waals surface area contributed by atoms with Crippen LogP contribution in [0.3, 0.4) is 0 Å². The first kappa shape index (κ1) is 45.1. The molecule has 0 radical (unpaired) electrons. The van der Waals surface area contributed by atoms with E-state index in [0.29, 0.717) is 6.42 Å². The second-order valence-electron chi connectivity index (χ2n) is 16.9. The largest absolute Gasteiger partial charge is 0.458 e. The summed E-state index contributed by atoms with van der Waals surface area (Å²) in [6.45, 7) is 15.8. The molecule has 0 bridgehead atoms. The Labute approximate surface area is 309 Å². The van der Waals surface area contributed by atoms with Gasteiger partial charge in [0.25, 0.3) is 0 Å². The second kappa shape index (κ2) is 16.8. The van der Waals surface area contributed by atoms with Gasteiger partial charge in [-0.15, -0.1) is 0 Å². The van der Waals surface area contributed by atoms with Crippen LogP contribution in [-0.4, -0.2) is 153 Å². The van der Waals surface area contributed by atoms with E-state index >= 15 is 0 Å². The zero-order chi connectivity index (χ0) is 39.9. The average molecular weight is 749 g/mol. The quantitative estimate of drug-likeness (QED) is 0.199. The Morgan fingerprint density at radius 2 is 1.50 bits per heavy atom. The van der Waals surface area contributed by atoms with E-state index in [1.54, 1.807) is 34.6 Å². The fraction of sp³-hybridized carbons (Fsp3) is 0.946. The van der Waals surface area contributed by atoms with Gasteiger partial charge in [0.1, 0.15) is 35.2 Å². The summed E-state index contributed by atoms with van der Waals surface area (Å²) in [7, 11) is 5.12. The number of ether oxygens (including phenoxy) is 6. The van der Waals surface area contributed by atoms with Crippen molar-refractivity contribution >= 4 is 11.8 Å². The van der Waals surface area contributed by atoms with E-state index in [-0.39, 0.29) is 31.4 Å². The van der Waals surface area contributed by atoms with Crippen LogP contribution in [0.1, 0.15) is 94.9 Å². The van der Waals surface area contributed by atoms with Crippen molar-refractivity contribution in [3.8, 4) is 0 Å². The fourth-order valence-electron chi connectivity index (χ4n) is 8.49. The summed E-state index contributed by atoms with van der Waals surface area (Å²) in [6.07, 6.45) is -10.8. The molecule has 0 aromatic carbocycles. The molecule has 18 atom stereocenters. The van der Waals surface area contributed by atoms with Crippen molar-refractivity contribution in [3.05, 3.63) is 0 Å². The van der Waals surface area contributed by atoms with Crippen LogP contribution in [0.25, 0.3) is 0 Å². The number of ketones is 1. The standard InChI is InChI=1S/C37H68N2O13/c1-14-24-37(10,46)28(42)20(4)26(40)18(2)16-34(7,45)30(52-32-27(41)23(39(11)12)15-19(3)48-32)21(5)31(36(9,38)33(44)50-24)51-25-17-35(8,47-13)29(43)22(6)49-25/h18-25,27-32,41-43,45-46H,14-17,38H2,1-13H3/t18-,19+,20+,21-,22+,23-,24-,25?,27+,28-,29+,30-,31+,32?,34-,35-,36+,37-/m1/s1. The van der Waals surface area contributed by atoms with Crippen LogP contribution in [0.4, 0.5) is 0 Å². The summed E-state index contributed by atoms with van der Waals surface area (Å²) >= 11 is 0. The van der Waals surface area contributed by atoms with Crippen LogP contribution in [0, 0.1) is 17.8 Å². The lowest BCUT2D eigenvalue weighted by Gasteiger charge is -2.50. The molecule has 304 valence electrons. The van der Waals surface area contributed by atoms with E-state index in [2.05, 4.69) is 0 Å². The highest BCUT2D eigenvalue weighted by Gasteiger charge is 2.56. The molecule has 3 rings (SSSR count). The van der Waals surface area contributed by atoms with E-state index in [9.17, 15) is 35.1 Å². The molecule has 0 amide bonds. The lowest BCUT2D eigenvalue weighted by Crippen LogP contribution is -2.67. The predicted octanol–water partition coefficient (Wildman–Crippen LogP) is 0.867. The van der Waals surface area contributed by atoms with Gasteiger partial charge in [0.15, 0.2) is 12.6 Å². The number of nitrogens with two attached hydrogens (primary N) is 1. The normalized spacial score (nSPS) is 50.5. The van der Waals surface area contributed by atoms with Gasteiger partial charge in [0.2, 0.25) is 0 Å². The number of nitrogens with zero attached hydrogens (tertiary/aromatic N) is 1. The fourth-order valence-corrected chi connectivity index (χ4v) is 8.49. The summed E-state index contributed by atoms with van der Waals surface area (Å²) in [5.74, 6) is -4.42. The number of aliphatic hydroxyl groups is 5. The van der Waals surface area contributed by atoms with Crippen molar-refractivity contribution < 1.29 is 63.5 Å². The Kier molecular flexibility index (Phi) is 14.6. The lowest BCUT2D eigenvalue weighted by atomic mass is 9.73. The van der Waals surface area contributed by atoms with Crippen molar-refractivity contribution in [1.82, 2.24) is 4.90 Å². The van der Waals surface area contributed by atoms with Gasteiger partial charge < -0.3 is 64.6 Å². The summed E-state index contributed by atoms with van der Waals surface area (Å²) < 4.78 is 37.0. The molecule has 3 fully saturated rings. The monoisotopic (exact) mass is 748 g/mol. The molecule has 0 spiro atoms. The molecule has 0 aromatic heterocycles. The van der Waals surface area contributed by atoms with Crippen LogP contribution < -0.4 is 5.73 Å². The van der Waals surface area contributed by atoms with Gasteiger partial charge >= 0.3 is 5.97 Å². The van der Waals surface area contributed by atoms with Crippen molar-refractivity contribution in [2.24, 2.45) is 23.5 Å². The molecule has 15 heteroatoms. The SMILES string of the molecule is CC[C@H]1OC(=O)[C@@](C)(N)[C@@H](OC2C[C@@](C)(OC)[C@@H](O)[C@H](C)O2)[C@H](C)[C@@H](OC2O[C@@H](C)C[C@@H](N(C)C)[C@@H]2O)[C@](C)(O)C[C@@H](C)C(=O)[C@H](C)[C@@H](O)[C@]1(C)O. The van der Waals surface area contributed by atoms with E-state index in [1.165, 1.54) is 34.8 Å². The minimum absolute atomic E-state index is 0.0274. The first-order valence-corrected chi connectivity index (χ1v) is 18.6. The van der Waals surface area contributed by atoms with Gasteiger partial charge in [-0.25, -0.2) is 4.79 Å². The number of rotatable bonds is 7. The number of Topliss-reactive ketones (excluding diaryl/α,β-unsaturated/α-hetero) is 1. The van der Waals surface area contributed by atoms with E-state index < -0.39 is 107 Å². The van der Waals surface area contributed by atoms with Crippen LogP contribution in [-0.2, 0) is 38.0 Å². The number of hydrogen-bond acceptors (Lipinski definition) is 15. The molecular formula is C37H68N2O13. The Balaban J connectivity index is 2.24. The minimum atomic E-state index is -2.07. The van der Waals surface area contributed by atoms with Crippen LogP contribution in [0.2, 0.25) is 0 Å². The number of carbonyl (C=O) groups excluding carboxylic acids is 2. The third-order valence-corrected chi connectivity index (χ3v) is 11.9. The number of methoxy groups -OCH3 is 1. The lowest BCUT2D eigenvalue weighted by molar-refractivity contribution is -0.318. The molecule has 2 unspecified atom stereocenters. The molecule has 52 heavy (non-hydrogen) atoms. The maximum Gasteiger partial charge on any atom is 0.328 e. The molecule has 0 aliphatic carbocycles. The van der Waals surface area contributed by atoms with Crippen molar-refractivity contribution in [2.75, 3.05) is 21.2 Å². The first-order chi connectivity index (χ1) is 23.8. The Hall–Kier alpha value is -1.34. The van der Waals surface area contributed by atoms with Gasteiger partial charge in [-0.05, 0) is 74.9 Å². The van der Waals surface area contributed by atoms with E-state index in [4.69, 9.17) is 34.2 Å². The van der Waals surface area contributed by atoms with Crippen molar-refractivity contribution in [2.45, 2.75) is 185 Å². The van der Waals surface area contributed by atoms with E-state index in [0.717, 1.165) is 0 Å². The number of likely N-dealkylation sites (N-methyl/N-ethyl adjacent to an activating group) is 1. The van der Waals surface area contributed by atoms with E-state index in [1.807, 2.05) is 25.9 Å². The number of aliphatic hydroxyl groups excluding tert-OH is 3. The molecule has 3 saturated heterocycles. The van der Waals surface area contributed by atoms with Gasteiger partial charge in [0, 0.05) is 37.3 Å². The Morgan fingerprint density at radius 3 is 2.04 bits per heavy atom. The highest BCUT2D eigenvalue weighted by molar-refractivity contribution is 5.84. The van der Waals surface area contributed by atoms with Gasteiger partial charge in [-0.2, -0.15) is 0 Å². The number of hydrogen-bond donors (Lipinski definition) is 6. The maximum absolute atomic E-state index is 14.3. The van der Waals surface area contributed by atoms with Gasteiger partial charge in [-0.1, -0.05) is 27.7 Å². The summed E-state index contributed by atoms with van der Waals surface area (Å²) in [4.78, 5) is 30.0. The smallest absolute Gasteiger partial charge is 0.328 e. The summed E-state index contributed by atoms with van der Waals surface area (Å²) in [6, 6.07) is -0.355. The third kappa shape index (κ3) is 9.19. The predicted molar refractivity (Wildman–Crippen MR) is 190 cm³/mol. The Bertz CT molecular complexity index is 1220. The van der Waals surface area contributed by atoms with Crippen molar-refractivity contribution in [1.29, 1.82) is 0 Å². The van der Waals surface area contributed by atoms with Gasteiger partial charge in [0.05, 0.1) is 41.7 Å². The molecule has 3 aliphatic heterocycles. The molecular weight excluding hydrogens is 680 g/mol. The molecule has 3 aliphatic rings. The average Bonchev–Trinajstić information content (AvgIpc) is 3.05. The van der Waals surface area contributed by atoms with Crippen LogP contribution in [0.5, 0.6) is 0 Å². The van der Waals surface area contributed by atoms with Crippen LogP contribution >= 0.6 is 0 Å². The van der Waals surface area contributed by atoms with Crippen LogP contribution in [0.15, 0.2) is 0 Å². The topological polar surface area (TPSA) is 220 Å². The molecule has 15 nitrogen and oxygen atoms in total. The third-order valence-electron chi connectivity index (χ3n) is 11.9. The highest BCUT2D eigenvalue weighted by Crippen LogP contribution is 2.41. The molecule has 0 saturated carbocycles. The number of esters is 1. The van der Waals surface area contributed by atoms with Gasteiger partial charge in [-0.3, -0.25) is 4.79 Å². The summed E-state index contributed by atoms with van der Waals surface area (Å²) in [5, 5.41) is 57.8. The first-order valence-electron chi connectivity index (χ1n) is 18.6. The Morgan fingerprint density at radius 1 is 0.904 bits per heavy atom. The van der Waals surface area contributed by atoms with Crippen molar-refractivity contribution in [3.63, 3.8) is 0 Å².